The van der Waals surface area contributed by atoms with Crippen LogP contribution in [-0.2, 0) is 6.42 Å². The number of nitrogens with one attached hydrogen (secondary N) is 1. The second-order valence-corrected chi connectivity index (χ2v) is 9.14. The predicted molar refractivity (Wildman–Crippen MR) is 114 cm³/mol. The van der Waals surface area contributed by atoms with Gasteiger partial charge in [-0.1, -0.05) is 54.5 Å². The summed E-state index contributed by atoms with van der Waals surface area (Å²) in [7, 11) is 0. The molecule has 0 aromatic heterocycles. The van der Waals surface area contributed by atoms with E-state index in [4.69, 9.17) is 0 Å². The second-order valence-electron chi connectivity index (χ2n) is 9.14. The van der Waals surface area contributed by atoms with E-state index in [2.05, 4.69) is 47.8 Å². The molecule has 1 aliphatic heterocycles. The molecular formula is C26H29N. The molecule has 27 heavy (non-hydrogen) atoms. The van der Waals surface area contributed by atoms with E-state index in [0.717, 1.165) is 18.4 Å². The lowest BCUT2D eigenvalue weighted by atomic mass is 9.64. The Labute approximate surface area is 162 Å². The molecule has 2 aromatic rings. The molecule has 3 aliphatic carbocycles. The highest BCUT2D eigenvalue weighted by Gasteiger charge is 2.35. The fourth-order valence-corrected chi connectivity index (χ4v) is 6.04. The van der Waals surface area contributed by atoms with E-state index in [1.165, 1.54) is 73.4 Å². The lowest BCUT2D eigenvalue weighted by molar-refractivity contribution is 0.227. The molecule has 2 unspecified atom stereocenters. The van der Waals surface area contributed by atoms with Crippen molar-refractivity contribution in [2.75, 3.05) is 13.1 Å². The van der Waals surface area contributed by atoms with Gasteiger partial charge in [0.1, 0.15) is 0 Å². The fraction of sp³-hybridized carbons (Fsp3) is 0.462. The Morgan fingerprint density at radius 2 is 1.96 bits per heavy atom. The number of allylic oxidation sites excluding steroid dienone is 4. The summed E-state index contributed by atoms with van der Waals surface area (Å²) in [5.41, 5.74) is 8.04. The molecule has 0 amide bonds. The van der Waals surface area contributed by atoms with Crippen molar-refractivity contribution in [1.29, 1.82) is 0 Å². The van der Waals surface area contributed by atoms with Crippen LogP contribution in [0.4, 0.5) is 0 Å². The maximum absolute atomic E-state index is 3.52. The first kappa shape index (κ1) is 16.1. The molecule has 6 rings (SSSR count). The van der Waals surface area contributed by atoms with Crippen molar-refractivity contribution in [2.45, 2.75) is 50.9 Å². The van der Waals surface area contributed by atoms with Gasteiger partial charge in [-0.05, 0) is 95.9 Å². The van der Waals surface area contributed by atoms with Gasteiger partial charge in [0.25, 0.3) is 0 Å². The first-order valence-corrected chi connectivity index (χ1v) is 11.0. The summed E-state index contributed by atoms with van der Waals surface area (Å²) in [6.45, 7) is 2.31. The van der Waals surface area contributed by atoms with Gasteiger partial charge in [-0.25, -0.2) is 0 Å². The lowest BCUT2D eigenvalue weighted by Crippen LogP contribution is -2.29. The summed E-state index contributed by atoms with van der Waals surface area (Å²) in [5.74, 6) is 2.44. The van der Waals surface area contributed by atoms with Crippen LogP contribution >= 0.6 is 0 Å². The quantitative estimate of drug-likeness (QED) is 0.697. The van der Waals surface area contributed by atoms with Crippen LogP contribution < -0.4 is 5.32 Å². The van der Waals surface area contributed by atoms with Gasteiger partial charge in [0.05, 0.1) is 0 Å². The summed E-state index contributed by atoms with van der Waals surface area (Å²) in [4.78, 5) is 0. The normalized spacial score (nSPS) is 27.6. The standard InChI is InChI=1S/C26H29N/c1-2-7-23-22(6-1)24-11-9-19-14-18(20-12-13-27-16-20)8-10-21(19)26(24)15-25(23)17-4-3-5-17/h1,6,8-11,14,17,20,25,27H,2-5,7,12-13,15-16H2. The molecule has 0 spiro atoms. The van der Waals surface area contributed by atoms with E-state index >= 15 is 0 Å². The van der Waals surface area contributed by atoms with Crippen LogP contribution in [0.25, 0.3) is 16.3 Å². The zero-order chi connectivity index (χ0) is 17.8. The molecule has 1 heteroatoms. The van der Waals surface area contributed by atoms with Gasteiger partial charge in [-0.2, -0.15) is 0 Å². The Bertz CT molecular complexity index is 954. The number of benzene rings is 2. The van der Waals surface area contributed by atoms with Crippen molar-refractivity contribution in [3.05, 3.63) is 64.7 Å². The Morgan fingerprint density at radius 3 is 2.78 bits per heavy atom. The number of fused-ring (bicyclic) bond motifs is 4. The molecule has 2 atom stereocenters. The number of rotatable bonds is 2. The van der Waals surface area contributed by atoms with E-state index in [-0.39, 0.29) is 0 Å². The highest BCUT2D eigenvalue weighted by molar-refractivity contribution is 5.94. The maximum Gasteiger partial charge on any atom is 0.00206 e. The summed E-state index contributed by atoms with van der Waals surface area (Å²) < 4.78 is 0. The third kappa shape index (κ3) is 2.55. The Kier molecular flexibility index (Phi) is 3.79. The summed E-state index contributed by atoms with van der Waals surface area (Å²) >= 11 is 0. The monoisotopic (exact) mass is 355 g/mol. The Hall–Kier alpha value is -1.86. The molecule has 1 N–H and O–H groups in total. The van der Waals surface area contributed by atoms with E-state index in [1.807, 2.05) is 0 Å². The molecule has 0 radical (unpaired) electrons. The zero-order valence-electron chi connectivity index (χ0n) is 16.1. The van der Waals surface area contributed by atoms with Crippen molar-refractivity contribution >= 4 is 16.3 Å². The van der Waals surface area contributed by atoms with Gasteiger partial charge < -0.3 is 5.32 Å². The van der Waals surface area contributed by atoms with Crippen molar-refractivity contribution in [3.8, 4) is 0 Å². The van der Waals surface area contributed by atoms with Crippen LogP contribution in [0.5, 0.6) is 0 Å². The molecular weight excluding hydrogens is 326 g/mol. The van der Waals surface area contributed by atoms with Gasteiger partial charge in [0.2, 0.25) is 0 Å². The van der Waals surface area contributed by atoms with Crippen LogP contribution in [0.1, 0.15) is 61.1 Å². The van der Waals surface area contributed by atoms with Crippen molar-refractivity contribution in [1.82, 2.24) is 5.32 Å². The minimum atomic E-state index is 0.698. The Balaban J connectivity index is 1.48. The molecule has 138 valence electrons. The SMILES string of the molecule is C1=CC2=C(CC1)C(C1CCC1)Cc1c2ccc2cc(C3CCNC3)ccc12. The summed E-state index contributed by atoms with van der Waals surface area (Å²) in [6, 6.07) is 12.1. The lowest BCUT2D eigenvalue weighted by Gasteiger charge is -2.40. The molecule has 2 aromatic carbocycles. The molecule has 1 heterocycles. The molecule has 0 bridgehead atoms. The van der Waals surface area contributed by atoms with E-state index < -0.39 is 0 Å². The molecule has 4 aliphatic rings. The molecule has 1 saturated heterocycles. The first-order valence-electron chi connectivity index (χ1n) is 11.0. The largest absolute Gasteiger partial charge is 0.316 e. The first-order chi connectivity index (χ1) is 13.4. The molecule has 1 saturated carbocycles. The highest BCUT2D eigenvalue weighted by Crippen LogP contribution is 2.49. The molecule has 2 fully saturated rings. The fourth-order valence-electron chi connectivity index (χ4n) is 6.04. The smallest absolute Gasteiger partial charge is 0.00206 e. The van der Waals surface area contributed by atoms with Gasteiger partial charge >= 0.3 is 0 Å². The van der Waals surface area contributed by atoms with Gasteiger partial charge in [0, 0.05) is 6.54 Å². The predicted octanol–water partition coefficient (Wildman–Crippen LogP) is 5.99. The van der Waals surface area contributed by atoms with Crippen molar-refractivity contribution in [2.24, 2.45) is 11.8 Å². The van der Waals surface area contributed by atoms with Crippen molar-refractivity contribution in [3.63, 3.8) is 0 Å². The average Bonchev–Trinajstić information content (AvgIpc) is 3.21. The van der Waals surface area contributed by atoms with Gasteiger partial charge in [-0.15, -0.1) is 0 Å². The topological polar surface area (TPSA) is 12.0 Å². The van der Waals surface area contributed by atoms with Crippen molar-refractivity contribution < 1.29 is 0 Å². The summed E-state index contributed by atoms with van der Waals surface area (Å²) in [6.07, 6.45) is 14.3. The van der Waals surface area contributed by atoms with Gasteiger partial charge in [-0.3, -0.25) is 0 Å². The van der Waals surface area contributed by atoms with Gasteiger partial charge in [0.15, 0.2) is 0 Å². The number of hydrogen-bond acceptors (Lipinski definition) is 1. The van der Waals surface area contributed by atoms with E-state index in [1.54, 1.807) is 16.7 Å². The van der Waals surface area contributed by atoms with E-state index in [0.29, 0.717) is 5.92 Å². The van der Waals surface area contributed by atoms with Crippen LogP contribution in [0, 0.1) is 11.8 Å². The van der Waals surface area contributed by atoms with E-state index in [9.17, 15) is 0 Å². The van der Waals surface area contributed by atoms with Crippen LogP contribution in [0.2, 0.25) is 0 Å². The molecule has 1 nitrogen and oxygen atoms in total. The minimum Gasteiger partial charge on any atom is -0.316 e. The average molecular weight is 356 g/mol. The third-order valence-electron chi connectivity index (χ3n) is 7.78. The summed E-state index contributed by atoms with van der Waals surface area (Å²) in [5, 5.41) is 6.48. The van der Waals surface area contributed by atoms with Crippen LogP contribution in [0.3, 0.4) is 0 Å². The van der Waals surface area contributed by atoms with Crippen LogP contribution in [-0.4, -0.2) is 13.1 Å². The number of hydrogen-bond donors (Lipinski definition) is 1. The maximum atomic E-state index is 3.52. The zero-order valence-corrected chi connectivity index (χ0v) is 16.1. The Morgan fingerprint density at radius 1 is 1.00 bits per heavy atom. The van der Waals surface area contributed by atoms with Crippen LogP contribution in [0.15, 0.2) is 48.1 Å². The highest BCUT2D eigenvalue weighted by atomic mass is 14.9. The minimum absolute atomic E-state index is 0.698. The third-order valence-corrected chi connectivity index (χ3v) is 7.78. The second kappa shape index (κ2) is 6.34.